The Morgan fingerprint density at radius 3 is 2.18 bits per heavy atom. The monoisotopic (exact) mass is 371 g/mol. The predicted molar refractivity (Wildman–Crippen MR) is 112 cm³/mol. The average molecular weight is 371 g/mol. The van der Waals surface area contributed by atoms with Gasteiger partial charge in [-0.3, -0.25) is 9.59 Å². The first kappa shape index (κ1) is 19.1. The second-order valence-electron chi connectivity index (χ2n) is 6.29. The first-order valence-electron chi connectivity index (χ1n) is 8.90. The van der Waals surface area contributed by atoms with Crippen molar-refractivity contribution in [2.45, 2.75) is 6.92 Å². The van der Waals surface area contributed by atoms with Gasteiger partial charge in [-0.15, -0.1) is 0 Å². The summed E-state index contributed by atoms with van der Waals surface area (Å²) in [5, 5.41) is 2.89. The van der Waals surface area contributed by atoms with E-state index in [1.54, 1.807) is 31.4 Å². The number of rotatable bonds is 6. The van der Waals surface area contributed by atoms with Gasteiger partial charge in [-0.2, -0.15) is 0 Å². The van der Waals surface area contributed by atoms with E-state index in [1.807, 2.05) is 60.7 Å². The molecule has 0 aliphatic carbocycles. The molecule has 28 heavy (non-hydrogen) atoms. The van der Waals surface area contributed by atoms with Crippen molar-refractivity contribution in [3.8, 4) is 5.75 Å². The summed E-state index contributed by atoms with van der Waals surface area (Å²) in [6.45, 7) is 1.50. The van der Waals surface area contributed by atoms with Gasteiger partial charge in [0.25, 0.3) is 5.91 Å². The minimum Gasteiger partial charge on any atom is -0.497 e. The molecule has 0 radical (unpaired) electrons. The molecule has 1 amide bonds. The molecule has 0 unspecified atom stereocenters. The van der Waals surface area contributed by atoms with E-state index in [-0.39, 0.29) is 11.7 Å². The van der Waals surface area contributed by atoms with Crippen molar-refractivity contribution in [1.82, 2.24) is 0 Å². The van der Waals surface area contributed by atoms with Gasteiger partial charge >= 0.3 is 0 Å². The van der Waals surface area contributed by atoms with Gasteiger partial charge in [-0.25, -0.2) is 0 Å². The zero-order chi connectivity index (χ0) is 19.9. The van der Waals surface area contributed by atoms with Crippen molar-refractivity contribution in [2.24, 2.45) is 0 Å². The molecule has 0 heterocycles. The van der Waals surface area contributed by atoms with E-state index in [4.69, 9.17) is 4.74 Å². The Balaban J connectivity index is 1.94. The van der Waals surface area contributed by atoms with E-state index in [2.05, 4.69) is 5.32 Å². The van der Waals surface area contributed by atoms with Crippen LogP contribution in [0.5, 0.6) is 5.75 Å². The lowest BCUT2D eigenvalue weighted by atomic mass is 10.0. The van der Waals surface area contributed by atoms with Crippen LogP contribution in [-0.4, -0.2) is 18.8 Å². The summed E-state index contributed by atoms with van der Waals surface area (Å²) in [6, 6.07) is 23.9. The number of nitrogens with one attached hydrogen (secondary N) is 1. The van der Waals surface area contributed by atoms with Crippen molar-refractivity contribution in [3.63, 3.8) is 0 Å². The summed E-state index contributed by atoms with van der Waals surface area (Å²) >= 11 is 0. The fourth-order valence-electron chi connectivity index (χ4n) is 2.78. The molecule has 0 aromatic heterocycles. The van der Waals surface area contributed by atoms with Gasteiger partial charge in [-0.1, -0.05) is 54.6 Å². The number of anilines is 1. The molecule has 0 saturated heterocycles. The molecule has 0 atom stereocenters. The molecule has 4 heteroatoms. The highest BCUT2D eigenvalue weighted by molar-refractivity contribution is 6.29. The van der Waals surface area contributed by atoms with Crippen LogP contribution < -0.4 is 10.1 Å². The molecule has 4 nitrogen and oxygen atoms in total. The summed E-state index contributed by atoms with van der Waals surface area (Å²) in [7, 11) is 1.61. The molecule has 0 spiro atoms. The number of ether oxygens (including phenoxy) is 1. The van der Waals surface area contributed by atoms with Crippen LogP contribution in [0.15, 0.2) is 78.9 Å². The molecular weight excluding hydrogens is 350 g/mol. The molecule has 0 aliphatic heterocycles. The number of benzene rings is 3. The topological polar surface area (TPSA) is 55.4 Å². The standard InChI is InChI=1S/C24H21NO3/c1-17(26)20-9-6-10-21(16-20)25-24(27)23(19-7-4-3-5-8-19)15-18-11-13-22(28-2)14-12-18/h3-16H,1-2H3,(H,25,27). The predicted octanol–water partition coefficient (Wildman–Crippen LogP) is 5.08. The van der Waals surface area contributed by atoms with Crippen LogP contribution in [0.4, 0.5) is 5.69 Å². The van der Waals surface area contributed by atoms with Gasteiger partial charge < -0.3 is 10.1 Å². The van der Waals surface area contributed by atoms with Crippen LogP contribution in [0.1, 0.15) is 28.4 Å². The second-order valence-corrected chi connectivity index (χ2v) is 6.29. The zero-order valence-electron chi connectivity index (χ0n) is 15.8. The van der Waals surface area contributed by atoms with Crippen LogP contribution in [0, 0.1) is 0 Å². The zero-order valence-corrected chi connectivity index (χ0v) is 15.8. The largest absolute Gasteiger partial charge is 0.497 e. The molecule has 140 valence electrons. The van der Waals surface area contributed by atoms with Crippen molar-refractivity contribution < 1.29 is 14.3 Å². The Hall–Kier alpha value is -3.66. The Morgan fingerprint density at radius 1 is 0.857 bits per heavy atom. The third-order valence-electron chi connectivity index (χ3n) is 4.28. The first-order valence-corrected chi connectivity index (χ1v) is 8.90. The second kappa shape index (κ2) is 8.82. The highest BCUT2D eigenvalue weighted by Gasteiger charge is 2.13. The Morgan fingerprint density at radius 2 is 1.54 bits per heavy atom. The number of hydrogen-bond acceptors (Lipinski definition) is 3. The lowest BCUT2D eigenvalue weighted by Crippen LogP contribution is -2.14. The van der Waals surface area contributed by atoms with Crippen molar-refractivity contribution in [3.05, 3.63) is 95.6 Å². The Kier molecular flexibility index (Phi) is 6.02. The lowest BCUT2D eigenvalue weighted by molar-refractivity contribution is -0.111. The molecule has 3 aromatic rings. The van der Waals surface area contributed by atoms with Crippen LogP contribution in [0.25, 0.3) is 11.6 Å². The Labute approximate surface area is 164 Å². The number of methoxy groups -OCH3 is 1. The lowest BCUT2D eigenvalue weighted by Gasteiger charge is -2.11. The summed E-state index contributed by atoms with van der Waals surface area (Å²) in [5.41, 5.74) is 3.34. The minimum atomic E-state index is -0.247. The van der Waals surface area contributed by atoms with Gasteiger partial charge in [0, 0.05) is 16.8 Å². The van der Waals surface area contributed by atoms with Gasteiger partial charge in [0.15, 0.2) is 5.78 Å². The quantitative estimate of drug-likeness (QED) is 0.374. The molecule has 1 N–H and O–H groups in total. The number of amides is 1. The SMILES string of the molecule is COc1ccc(C=C(C(=O)Nc2cccc(C(C)=O)c2)c2ccccc2)cc1. The van der Waals surface area contributed by atoms with Gasteiger partial charge in [-0.05, 0) is 48.4 Å². The maximum atomic E-state index is 13.0. The summed E-state index contributed by atoms with van der Waals surface area (Å²) in [4.78, 5) is 24.6. The van der Waals surface area contributed by atoms with E-state index >= 15 is 0 Å². The molecule has 3 aromatic carbocycles. The molecule has 0 fully saturated rings. The molecule has 0 bridgehead atoms. The fourth-order valence-corrected chi connectivity index (χ4v) is 2.78. The normalized spacial score (nSPS) is 11.0. The van der Waals surface area contributed by atoms with E-state index in [0.29, 0.717) is 16.8 Å². The highest BCUT2D eigenvalue weighted by atomic mass is 16.5. The van der Waals surface area contributed by atoms with Gasteiger partial charge in [0.05, 0.1) is 7.11 Å². The number of hydrogen-bond donors (Lipinski definition) is 1. The number of Topliss-reactive ketones (excluding diaryl/α,β-unsaturated/α-hetero) is 1. The third-order valence-corrected chi connectivity index (χ3v) is 4.28. The number of carbonyl (C=O) groups is 2. The average Bonchev–Trinajstić information content (AvgIpc) is 2.73. The molecule has 3 rings (SSSR count). The number of carbonyl (C=O) groups excluding carboxylic acids is 2. The van der Waals surface area contributed by atoms with E-state index in [1.165, 1.54) is 6.92 Å². The maximum Gasteiger partial charge on any atom is 0.256 e. The number of ketones is 1. The van der Waals surface area contributed by atoms with Crippen LogP contribution in [0.3, 0.4) is 0 Å². The van der Waals surface area contributed by atoms with Crippen LogP contribution in [0.2, 0.25) is 0 Å². The van der Waals surface area contributed by atoms with Crippen LogP contribution >= 0.6 is 0 Å². The van der Waals surface area contributed by atoms with Gasteiger partial charge in [0.1, 0.15) is 5.75 Å². The van der Waals surface area contributed by atoms with E-state index in [0.717, 1.165) is 16.9 Å². The van der Waals surface area contributed by atoms with Crippen molar-refractivity contribution in [2.75, 3.05) is 12.4 Å². The summed E-state index contributed by atoms with van der Waals surface area (Å²) in [5.74, 6) is 0.458. The molecule has 0 aliphatic rings. The summed E-state index contributed by atoms with van der Waals surface area (Å²) in [6.07, 6.45) is 1.83. The van der Waals surface area contributed by atoms with Crippen molar-refractivity contribution >= 4 is 29.0 Å². The smallest absolute Gasteiger partial charge is 0.256 e. The molecular formula is C24H21NO3. The van der Waals surface area contributed by atoms with E-state index in [9.17, 15) is 9.59 Å². The van der Waals surface area contributed by atoms with Crippen LogP contribution in [-0.2, 0) is 4.79 Å². The minimum absolute atomic E-state index is 0.0480. The van der Waals surface area contributed by atoms with Gasteiger partial charge in [0.2, 0.25) is 0 Å². The summed E-state index contributed by atoms with van der Waals surface area (Å²) < 4.78 is 5.19. The fraction of sp³-hybridized carbons (Fsp3) is 0.0833. The maximum absolute atomic E-state index is 13.0. The highest BCUT2D eigenvalue weighted by Crippen LogP contribution is 2.22. The Bertz CT molecular complexity index is 1010. The first-order chi connectivity index (χ1) is 13.6. The molecule has 0 saturated carbocycles. The van der Waals surface area contributed by atoms with E-state index < -0.39 is 0 Å². The third kappa shape index (κ3) is 4.74. The van der Waals surface area contributed by atoms with Crippen molar-refractivity contribution in [1.29, 1.82) is 0 Å².